The average Bonchev–Trinajstić information content (AvgIpc) is 2.34. The van der Waals surface area contributed by atoms with Gasteiger partial charge in [0.1, 0.15) is 0 Å². The standard InChI is InChI=1S/C6H6F2O4S/c7-6(8)3-1-13(11,12)2-5(3,6)4(9)10/h3H,1-2H2,(H,9,10). The fourth-order valence-corrected chi connectivity index (χ4v) is 4.32. The molecule has 2 aliphatic rings. The summed E-state index contributed by atoms with van der Waals surface area (Å²) in [7, 11) is -3.58. The molecule has 2 rings (SSSR count). The molecule has 0 bridgehead atoms. The second kappa shape index (κ2) is 1.87. The Morgan fingerprint density at radius 3 is 2.31 bits per heavy atom. The molecule has 74 valence electrons. The zero-order chi connectivity index (χ0) is 10.1. The minimum absolute atomic E-state index is 0.702. The number of fused-ring (bicyclic) bond motifs is 1. The SMILES string of the molecule is O=C(O)C12CS(=O)(=O)CC1C2(F)F. The van der Waals surface area contributed by atoms with Crippen molar-refractivity contribution in [3.05, 3.63) is 0 Å². The molecule has 2 atom stereocenters. The van der Waals surface area contributed by atoms with E-state index >= 15 is 0 Å². The first-order valence-electron chi connectivity index (χ1n) is 3.56. The smallest absolute Gasteiger partial charge is 0.317 e. The fraction of sp³-hybridized carbons (Fsp3) is 0.833. The van der Waals surface area contributed by atoms with Gasteiger partial charge in [-0.3, -0.25) is 4.79 Å². The van der Waals surface area contributed by atoms with E-state index in [0.717, 1.165) is 0 Å². The van der Waals surface area contributed by atoms with E-state index in [1.165, 1.54) is 0 Å². The van der Waals surface area contributed by atoms with E-state index in [1.807, 2.05) is 0 Å². The van der Waals surface area contributed by atoms with Crippen molar-refractivity contribution in [2.24, 2.45) is 11.3 Å². The molecule has 1 saturated heterocycles. The van der Waals surface area contributed by atoms with Crippen molar-refractivity contribution in [2.45, 2.75) is 5.92 Å². The average molecular weight is 212 g/mol. The number of hydrogen-bond acceptors (Lipinski definition) is 3. The molecule has 0 aromatic carbocycles. The van der Waals surface area contributed by atoms with Crippen molar-refractivity contribution in [1.29, 1.82) is 0 Å². The fourth-order valence-electron chi connectivity index (χ4n) is 1.99. The molecule has 1 aliphatic carbocycles. The molecule has 1 N–H and O–H groups in total. The van der Waals surface area contributed by atoms with E-state index in [-0.39, 0.29) is 0 Å². The van der Waals surface area contributed by atoms with Crippen molar-refractivity contribution in [1.82, 2.24) is 0 Å². The summed E-state index contributed by atoms with van der Waals surface area (Å²) in [5.41, 5.74) is -2.31. The van der Waals surface area contributed by atoms with Gasteiger partial charge in [-0.2, -0.15) is 0 Å². The van der Waals surface area contributed by atoms with Crippen LogP contribution in [-0.2, 0) is 14.6 Å². The van der Waals surface area contributed by atoms with Crippen molar-refractivity contribution < 1.29 is 27.1 Å². The molecule has 0 aromatic rings. The van der Waals surface area contributed by atoms with Crippen LogP contribution in [-0.4, -0.2) is 36.9 Å². The lowest BCUT2D eigenvalue weighted by Crippen LogP contribution is -2.29. The van der Waals surface area contributed by atoms with Gasteiger partial charge in [-0.25, -0.2) is 17.2 Å². The van der Waals surface area contributed by atoms with Crippen molar-refractivity contribution in [3.63, 3.8) is 0 Å². The van der Waals surface area contributed by atoms with E-state index in [4.69, 9.17) is 5.11 Å². The van der Waals surface area contributed by atoms with E-state index < -0.39 is 44.6 Å². The predicted molar refractivity (Wildman–Crippen MR) is 37.2 cm³/mol. The molecule has 2 unspecified atom stereocenters. The van der Waals surface area contributed by atoms with E-state index in [9.17, 15) is 22.0 Å². The summed E-state index contributed by atoms with van der Waals surface area (Å²) >= 11 is 0. The minimum Gasteiger partial charge on any atom is -0.481 e. The highest BCUT2D eigenvalue weighted by atomic mass is 32.2. The Morgan fingerprint density at radius 1 is 1.46 bits per heavy atom. The van der Waals surface area contributed by atoms with E-state index in [2.05, 4.69) is 0 Å². The van der Waals surface area contributed by atoms with Crippen LogP contribution in [0.2, 0.25) is 0 Å². The zero-order valence-electron chi connectivity index (χ0n) is 6.33. The minimum atomic E-state index is -3.58. The first-order chi connectivity index (χ1) is 5.74. The number of rotatable bonds is 1. The summed E-state index contributed by atoms with van der Waals surface area (Å²) in [6.45, 7) is 0. The lowest BCUT2D eigenvalue weighted by Gasteiger charge is -2.07. The van der Waals surface area contributed by atoms with Crippen LogP contribution in [0.4, 0.5) is 8.78 Å². The summed E-state index contributed by atoms with van der Waals surface area (Å²) in [6, 6.07) is 0. The van der Waals surface area contributed by atoms with Crippen molar-refractivity contribution in [2.75, 3.05) is 11.5 Å². The van der Waals surface area contributed by atoms with Gasteiger partial charge in [0.25, 0.3) is 5.92 Å². The second-order valence-electron chi connectivity index (χ2n) is 3.51. The first kappa shape index (κ1) is 8.86. The lowest BCUT2D eigenvalue weighted by atomic mass is 10.1. The molecule has 0 aromatic heterocycles. The molecule has 0 spiro atoms. The first-order valence-corrected chi connectivity index (χ1v) is 5.38. The summed E-state index contributed by atoms with van der Waals surface area (Å²) < 4.78 is 47.4. The number of carboxylic acids is 1. The summed E-state index contributed by atoms with van der Waals surface area (Å²) in [4.78, 5) is 10.5. The number of aliphatic carboxylic acids is 1. The van der Waals surface area contributed by atoms with Gasteiger partial charge in [-0.05, 0) is 0 Å². The van der Waals surface area contributed by atoms with Gasteiger partial charge in [0, 0.05) is 0 Å². The van der Waals surface area contributed by atoms with Crippen LogP contribution < -0.4 is 0 Å². The third kappa shape index (κ3) is 0.780. The Morgan fingerprint density at radius 2 is 2.00 bits per heavy atom. The molecule has 13 heavy (non-hydrogen) atoms. The second-order valence-corrected chi connectivity index (χ2v) is 5.62. The Balaban J connectivity index is 2.44. The number of halogens is 2. The van der Waals surface area contributed by atoms with Gasteiger partial charge >= 0.3 is 5.97 Å². The number of alkyl halides is 2. The Labute approximate surface area is 72.5 Å². The number of carboxylic acid groups (broad SMARTS) is 1. The highest BCUT2D eigenvalue weighted by Gasteiger charge is 2.89. The molecule has 1 aliphatic heterocycles. The van der Waals surface area contributed by atoms with Gasteiger partial charge in [-0.15, -0.1) is 0 Å². The molecule has 0 radical (unpaired) electrons. The van der Waals surface area contributed by atoms with Gasteiger partial charge in [0.15, 0.2) is 15.3 Å². The van der Waals surface area contributed by atoms with Crippen LogP contribution in [0.3, 0.4) is 0 Å². The predicted octanol–water partition coefficient (Wildman–Crippen LogP) is -0.249. The van der Waals surface area contributed by atoms with E-state index in [1.54, 1.807) is 0 Å². The van der Waals surface area contributed by atoms with Crippen molar-refractivity contribution in [3.8, 4) is 0 Å². The molecule has 0 amide bonds. The third-order valence-electron chi connectivity index (χ3n) is 2.79. The molecular weight excluding hydrogens is 206 g/mol. The van der Waals surface area contributed by atoms with Gasteiger partial charge < -0.3 is 5.11 Å². The molecule has 1 saturated carbocycles. The van der Waals surface area contributed by atoms with Crippen LogP contribution in [0.5, 0.6) is 0 Å². The van der Waals surface area contributed by atoms with Crippen LogP contribution in [0.15, 0.2) is 0 Å². The summed E-state index contributed by atoms with van der Waals surface area (Å²) in [5.74, 6) is -8.19. The maximum atomic E-state index is 12.8. The Hall–Kier alpha value is -0.720. The van der Waals surface area contributed by atoms with E-state index in [0.29, 0.717) is 0 Å². The monoisotopic (exact) mass is 212 g/mol. The lowest BCUT2D eigenvalue weighted by molar-refractivity contribution is -0.146. The molecular formula is C6H6F2O4S. The normalized spacial score (nSPS) is 44.0. The van der Waals surface area contributed by atoms with Crippen LogP contribution >= 0.6 is 0 Å². The molecule has 2 fully saturated rings. The largest absolute Gasteiger partial charge is 0.481 e. The quantitative estimate of drug-likeness (QED) is 0.650. The van der Waals surface area contributed by atoms with Gasteiger partial charge in [0.05, 0.1) is 17.4 Å². The van der Waals surface area contributed by atoms with Crippen LogP contribution in [0.25, 0.3) is 0 Å². The van der Waals surface area contributed by atoms with Crippen LogP contribution in [0, 0.1) is 11.3 Å². The molecule has 7 heteroatoms. The Bertz CT molecular complexity index is 387. The number of sulfone groups is 1. The number of carbonyl (C=O) groups is 1. The van der Waals surface area contributed by atoms with Gasteiger partial charge in [0.2, 0.25) is 0 Å². The highest BCUT2D eigenvalue weighted by Crippen LogP contribution is 2.70. The maximum Gasteiger partial charge on any atom is 0.317 e. The molecule has 4 nitrogen and oxygen atoms in total. The topological polar surface area (TPSA) is 71.4 Å². The molecule has 1 heterocycles. The van der Waals surface area contributed by atoms with Gasteiger partial charge in [-0.1, -0.05) is 0 Å². The summed E-state index contributed by atoms with van der Waals surface area (Å²) in [5, 5.41) is 8.54. The zero-order valence-corrected chi connectivity index (χ0v) is 7.14. The van der Waals surface area contributed by atoms with Crippen LogP contribution in [0.1, 0.15) is 0 Å². The summed E-state index contributed by atoms with van der Waals surface area (Å²) in [6.07, 6.45) is 0. The third-order valence-corrected chi connectivity index (χ3v) is 4.53. The maximum absolute atomic E-state index is 12.8. The van der Waals surface area contributed by atoms with Crippen molar-refractivity contribution >= 4 is 15.8 Å². The number of hydrogen-bond donors (Lipinski definition) is 1. The highest BCUT2D eigenvalue weighted by molar-refractivity contribution is 7.91. The Kier molecular flexibility index (Phi) is 1.27.